The Hall–Kier alpha value is -2.76. The van der Waals surface area contributed by atoms with Crippen LogP contribution in [0.4, 0.5) is 0 Å². The molecule has 27 heavy (non-hydrogen) atoms. The fourth-order valence-corrected chi connectivity index (χ4v) is 3.29. The van der Waals surface area contributed by atoms with Gasteiger partial charge < -0.3 is 10.2 Å². The number of aryl methyl sites for hydroxylation is 2. The van der Waals surface area contributed by atoms with Crippen molar-refractivity contribution in [2.45, 2.75) is 39.5 Å². The van der Waals surface area contributed by atoms with Gasteiger partial charge in [-0.3, -0.25) is 9.59 Å². The smallest absolute Gasteiger partial charge is 0.251 e. The number of rotatable bonds is 7. The molecular weight excluding hydrogens is 340 g/mol. The number of amides is 2. The lowest BCUT2D eigenvalue weighted by atomic mass is 10.1. The van der Waals surface area contributed by atoms with E-state index in [1.54, 1.807) is 6.07 Å². The molecule has 6 nitrogen and oxygen atoms in total. The largest absolute Gasteiger partial charge is 0.352 e. The molecule has 2 heterocycles. The normalized spacial score (nSPS) is 13.9. The quantitative estimate of drug-likeness (QED) is 0.765. The number of hydrogen-bond donors (Lipinski definition) is 1. The second-order valence-corrected chi connectivity index (χ2v) is 6.82. The summed E-state index contributed by atoms with van der Waals surface area (Å²) in [6.07, 6.45) is 3.21. The highest BCUT2D eigenvalue weighted by Crippen LogP contribution is 2.20. The van der Waals surface area contributed by atoms with E-state index in [2.05, 4.69) is 22.2 Å². The van der Waals surface area contributed by atoms with Crippen molar-refractivity contribution < 1.29 is 9.59 Å². The van der Waals surface area contributed by atoms with Gasteiger partial charge in [0, 0.05) is 42.9 Å². The summed E-state index contributed by atoms with van der Waals surface area (Å²) in [5.74, 6) is 0.849. The first-order chi connectivity index (χ1) is 13.1. The molecule has 1 aliphatic heterocycles. The van der Waals surface area contributed by atoms with Crippen LogP contribution in [0.25, 0.3) is 11.3 Å². The molecule has 1 fully saturated rings. The van der Waals surface area contributed by atoms with Crippen molar-refractivity contribution in [1.82, 2.24) is 20.2 Å². The Kier molecular flexibility index (Phi) is 6.16. The number of likely N-dealkylation sites (tertiary alicyclic amines) is 1. The maximum Gasteiger partial charge on any atom is 0.251 e. The molecule has 0 radical (unpaired) electrons. The van der Waals surface area contributed by atoms with Crippen molar-refractivity contribution in [2.75, 3.05) is 19.6 Å². The monoisotopic (exact) mass is 366 g/mol. The number of hydrogen-bond acceptors (Lipinski definition) is 4. The molecule has 1 N–H and O–H groups in total. The van der Waals surface area contributed by atoms with Gasteiger partial charge in [-0.2, -0.15) is 0 Å². The molecule has 0 spiro atoms. The first-order valence-corrected chi connectivity index (χ1v) is 9.58. The topological polar surface area (TPSA) is 75.2 Å². The molecule has 3 rings (SSSR count). The van der Waals surface area contributed by atoms with E-state index >= 15 is 0 Å². The zero-order valence-electron chi connectivity index (χ0n) is 16.0. The van der Waals surface area contributed by atoms with Crippen LogP contribution in [-0.4, -0.2) is 46.3 Å². The van der Waals surface area contributed by atoms with Crippen LogP contribution in [0.5, 0.6) is 0 Å². The lowest BCUT2D eigenvalue weighted by Gasteiger charge is -2.15. The van der Waals surface area contributed by atoms with Crippen molar-refractivity contribution in [3.05, 3.63) is 47.4 Å². The van der Waals surface area contributed by atoms with Crippen LogP contribution in [0.1, 0.15) is 48.1 Å². The highest BCUT2D eigenvalue weighted by atomic mass is 16.2. The van der Waals surface area contributed by atoms with Crippen LogP contribution in [-0.2, 0) is 11.2 Å². The molecule has 0 unspecified atom stereocenters. The Labute approximate surface area is 160 Å². The van der Waals surface area contributed by atoms with E-state index in [4.69, 9.17) is 0 Å². The van der Waals surface area contributed by atoms with Gasteiger partial charge in [0.05, 0.1) is 5.69 Å². The Morgan fingerprint density at radius 3 is 2.85 bits per heavy atom. The average Bonchev–Trinajstić information content (AvgIpc) is 3.09. The van der Waals surface area contributed by atoms with E-state index in [0.717, 1.165) is 48.6 Å². The van der Waals surface area contributed by atoms with Crippen LogP contribution in [0.2, 0.25) is 0 Å². The first-order valence-electron chi connectivity index (χ1n) is 9.58. The van der Waals surface area contributed by atoms with E-state index in [9.17, 15) is 9.59 Å². The number of carbonyl (C=O) groups excluding carboxylic acids is 2. The predicted molar refractivity (Wildman–Crippen MR) is 104 cm³/mol. The number of nitrogens with zero attached hydrogens (tertiary/aromatic N) is 3. The molecule has 142 valence electrons. The molecule has 0 bridgehead atoms. The van der Waals surface area contributed by atoms with Gasteiger partial charge >= 0.3 is 0 Å². The summed E-state index contributed by atoms with van der Waals surface area (Å²) in [6, 6.07) is 9.46. The molecule has 0 saturated carbocycles. The summed E-state index contributed by atoms with van der Waals surface area (Å²) >= 11 is 0. The van der Waals surface area contributed by atoms with E-state index < -0.39 is 0 Å². The lowest BCUT2D eigenvalue weighted by Crippen LogP contribution is -2.30. The van der Waals surface area contributed by atoms with Crippen molar-refractivity contribution >= 4 is 11.8 Å². The van der Waals surface area contributed by atoms with Crippen molar-refractivity contribution in [3.63, 3.8) is 0 Å². The summed E-state index contributed by atoms with van der Waals surface area (Å²) in [5, 5.41) is 2.94. The molecular formula is C21H26N4O2. The van der Waals surface area contributed by atoms with Crippen LogP contribution >= 0.6 is 0 Å². The second kappa shape index (κ2) is 8.75. The van der Waals surface area contributed by atoms with Gasteiger partial charge in [0.25, 0.3) is 5.91 Å². The van der Waals surface area contributed by atoms with Crippen LogP contribution in [0.3, 0.4) is 0 Å². The Balaban J connectivity index is 1.60. The Morgan fingerprint density at radius 1 is 1.26 bits per heavy atom. The van der Waals surface area contributed by atoms with Gasteiger partial charge in [0.2, 0.25) is 5.91 Å². The van der Waals surface area contributed by atoms with Crippen molar-refractivity contribution in [1.29, 1.82) is 0 Å². The van der Waals surface area contributed by atoms with E-state index in [-0.39, 0.29) is 11.8 Å². The average molecular weight is 366 g/mol. The van der Waals surface area contributed by atoms with Gasteiger partial charge in [0.1, 0.15) is 5.82 Å². The number of nitrogens with one attached hydrogen (secondary N) is 1. The fourth-order valence-electron chi connectivity index (χ4n) is 3.29. The summed E-state index contributed by atoms with van der Waals surface area (Å²) in [6.45, 7) is 6.04. The predicted octanol–water partition coefficient (Wildman–Crippen LogP) is 2.76. The molecule has 1 aromatic heterocycles. The minimum atomic E-state index is -0.105. The molecule has 2 amide bonds. The minimum absolute atomic E-state index is 0.105. The molecule has 1 aliphatic rings. The SMILES string of the molecule is CCc1cc(-c2cccc(C(=O)NCCCN3CCCC3=O)c2)nc(C)n1. The van der Waals surface area contributed by atoms with Gasteiger partial charge in [0.15, 0.2) is 0 Å². The number of aromatic nitrogens is 2. The molecule has 1 saturated heterocycles. The highest BCUT2D eigenvalue weighted by molar-refractivity contribution is 5.95. The molecule has 1 aromatic carbocycles. The standard InChI is InChI=1S/C21H26N4O2/c1-3-18-14-19(24-15(2)23-18)16-7-4-8-17(13-16)21(27)22-10-6-12-25-11-5-9-20(25)26/h4,7-8,13-14H,3,5-6,9-12H2,1-2H3,(H,22,27). The van der Waals surface area contributed by atoms with Gasteiger partial charge in [-0.1, -0.05) is 19.1 Å². The van der Waals surface area contributed by atoms with E-state index in [1.165, 1.54) is 0 Å². The summed E-state index contributed by atoms with van der Waals surface area (Å²) in [7, 11) is 0. The Bertz CT molecular complexity index is 835. The second-order valence-electron chi connectivity index (χ2n) is 6.82. The molecule has 6 heteroatoms. The lowest BCUT2D eigenvalue weighted by molar-refractivity contribution is -0.127. The third-order valence-corrected chi connectivity index (χ3v) is 4.74. The first kappa shape index (κ1) is 19.0. The fraction of sp³-hybridized carbons (Fsp3) is 0.429. The zero-order valence-corrected chi connectivity index (χ0v) is 16.0. The Morgan fingerprint density at radius 2 is 2.11 bits per heavy atom. The summed E-state index contributed by atoms with van der Waals surface area (Å²) < 4.78 is 0. The van der Waals surface area contributed by atoms with Gasteiger partial charge in [-0.15, -0.1) is 0 Å². The third-order valence-electron chi connectivity index (χ3n) is 4.74. The van der Waals surface area contributed by atoms with E-state index in [1.807, 2.05) is 36.1 Å². The minimum Gasteiger partial charge on any atom is -0.352 e. The molecule has 0 atom stereocenters. The molecule has 0 aliphatic carbocycles. The van der Waals surface area contributed by atoms with Crippen LogP contribution in [0.15, 0.2) is 30.3 Å². The van der Waals surface area contributed by atoms with E-state index in [0.29, 0.717) is 25.1 Å². The molecule has 2 aromatic rings. The van der Waals surface area contributed by atoms with Crippen molar-refractivity contribution in [2.24, 2.45) is 0 Å². The van der Waals surface area contributed by atoms with Gasteiger partial charge in [-0.05, 0) is 44.4 Å². The number of carbonyl (C=O) groups is 2. The summed E-state index contributed by atoms with van der Waals surface area (Å²) in [4.78, 5) is 34.8. The van der Waals surface area contributed by atoms with Crippen LogP contribution < -0.4 is 5.32 Å². The van der Waals surface area contributed by atoms with Crippen molar-refractivity contribution in [3.8, 4) is 11.3 Å². The highest BCUT2D eigenvalue weighted by Gasteiger charge is 2.19. The third kappa shape index (κ3) is 4.90. The maximum absolute atomic E-state index is 12.5. The summed E-state index contributed by atoms with van der Waals surface area (Å²) in [5.41, 5.74) is 3.34. The van der Waals surface area contributed by atoms with Gasteiger partial charge in [-0.25, -0.2) is 9.97 Å². The maximum atomic E-state index is 12.5. The van der Waals surface area contributed by atoms with Crippen LogP contribution in [0, 0.1) is 6.92 Å². The zero-order chi connectivity index (χ0) is 19.2. The number of benzene rings is 1.